The molecule has 0 heterocycles. The van der Waals surface area contributed by atoms with Gasteiger partial charge in [-0.05, 0) is 60.4 Å². The zero-order chi connectivity index (χ0) is 17.6. The quantitative estimate of drug-likeness (QED) is 0.610. The normalized spacial score (nSPS) is 10.4. The fraction of sp³-hybridized carbons (Fsp3) is 0.0952. The third-order valence-corrected chi connectivity index (χ3v) is 4.26. The third kappa shape index (κ3) is 4.61. The number of carboxylic acid groups (broad SMARTS) is 1. The van der Waals surface area contributed by atoms with E-state index in [0.29, 0.717) is 5.69 Å². The van der Waals surface area contributed by atoms with E-state index in [1.165, 1.54) is 11.1 Å². The maximum absolute atomic E-state index is 11.3. The van der Waals surface area contributed by atoms with Crippen LogP contribution in [0.4, 0.5) is 11.4 Å². The highest BCUT2D eigenvalue weighted by Crippen LogP contribution is 2.21. The molecule has 0 fully saturated rings. The second-order valence-corrected chi connectivity index (χ2v) is 6.24. The van der Waals surface area contributed by atoms with Gasteiger partial charge in [-0.25, -0.2) is 4.79 Å². The standard InChI is InChI=1S/C21H18ClNO2/c22-17-11-7-15(8-12-17)5-6-16-9-13-18(14-10-16)23-20-4-2-1-3-19(20)21(24)25/h1-4,7-14,23H,5-6H2,(H,24,25). The first-order valence-corrected chi connectivity index (χ1v) is 8.42. The van der Waals surface area contributed by atoms with Crippen molar-refractivity contribution in [2.24, 2.45) is 0 Å². The van der Waals surface area contributed by atoms with E-state index in [4.69, 9.17) is 11.6 Å². The summed E-state index contributed by atoms with van der Waals surface area (Å²) in [6.07, 6.45) is 1.89. The molecule has 25 heavy (non-hydrogen) atoms. The highest BCUT2D eigenvalue weighted by atomic mass is 35.5. The zero-order valence-corrected chi connectivity index (χ0v) is 14.3. The van der Waals surface area contributed by atoms with Crippen LogP contribution in [0.1, 0.15) is 21.5 Å². The fourth-order valence-electron chi connectivity index (χ4n) is 2.63. The lowest BCUT2D eigenvalue weighted by Gasteiger charge is -2.10. The van der Waals surface area contributed by atoms with E-state index in [9.17, 15) is 9.90 Å². The van der Waals surface area contributed by atoms with Gasteiger partial charge < -0.3 is 10.4 Å². The number of hydrogen-bond donors (Lipinski definition) is 2. The number of para-hydroxylation sites is 1. The molecule has 0 aliphatic heterocycles. The average Bonchev–Trinajstić information content (AvgIpc) is 2.63. The second-order valence-electron chi connectivity index (χ2n) is 5.80. The van der Waals surface area contributed by atoms with E-state index in [2.05, 4.69) is 17.4 Å². The Kier molecular flexibility index (Phi) is 5.36. The van der Waals surface area contributed by atoms with Crippen LogP contribution in [0.15, 0.2) is 72.8 Å². The molecule has 0 radical (unpaired) electrons. The number of carbonyl (C=O) groups is 1. The van der Waals surface area contributed by atoms with Crippen LogP contribution in [-0.2, 0) is 12.8 Å². The number of aromatic carboxylic acids is 1. The first-order chi connectivity index (χ1) is 12.1. The summed E-state index contributed by atoms with van der Waals surface area (Å²) in [6.45, 7) is 0. The van der Waals surface area contributed by atoms with Gasteiger partial charge in [0.1, 0.15) is 0 Å². The van der Waals surface area contributed by atoms with Crippen molar-refractivity contribution in [3.63, 3.8) is 0 Å². The molecule has 2 N–H and O–H groups in total. The number of hydrogen-bond acceptors (Lipinski definition) is 2. The SMILES string of the molecule is O=C(O)c1ccccc1Nc1ccc(CCc2ccc(Cl)cc2)cc1. The minimum Gasteiger partial charge on any atom is -0.478 e. The minimum absolute atomic E-state index is 0.259. The Morgan fingerprint density at radius 1 is 0.840 bits per heavy atom. The summed E-state index contributed by atoms with van der Waals surface area (Å²) in [5, 5.41) is 13.2. The first-order valence-electron chi connectivity index (χ1n) is 8.04. The molecular weight excluding hydrogens is 334 g/mol. The maximum atomic E-state index is 11.3. The molecule has 0 atom stereocenters. The van der Waals surface area contributed by atoms with Crippen molar-refractivity contribution < 1.29 is 9.90 Å². The van der Waals surface area contributed by atoms with Crippen LogP contribution in [0.3, 0.4) is 0 Å². The molecule has 4 heteroatoms. The number of anilines is 2. The smallest absolute Gasteiger partial charge is 0.337 e. The van der Waals surface area contributed by atoms with Crippen LogP contribution in [0, 0.1) is 0 Å². The van der Waals surface area contributed by atoms with Gasteiger partial charge in [-0.1, -0.05) is 48.0 Å². The lowest BCUT2D eigenvalue weighted by molar-refractivity contribution is 0.0698. The summed E-state index contributed by atoms with van der Waals surface area (Å²) in [6, 6.07) is 22.8. The molecule has 0 amide bonds. The summed E-state index contributed by atoms with van der Waals surface area (Å²) >= 11 is 5.90. The second kappa shape index (κ2) is 7.86. The Hall–Kier alpha value is -2.78. The molecule has 0 aliphatic rings. The highest BCUT2D eigenvalue weighted by molar-refractivity contribution is 6.30. The molecule has 0 bridgehead atoms. The lowest BCUT2D eigenvalue weighted by Crippen LogP contribution is -2.02. The van der Waals surface area contributed by atoms with Crippen molar-refractivity contribution in [2.75, 3.05) is 5.32 Å². The van der Waals surface area contributed by atoms with Gasteiger partial charge in [0.05, 0.1) is 11.3 Å². The molecule has 0 spiro atoms. The predicted molar refractivity (Wildman–Crippen MR) is 102 cm³/mol. The molecule has 126 valence electrons. The monoisotopic (exact) mass is 351 g/mol. The van der Waals surface area contributed by atoms with Crippen molar-refractivity contribution in [1.82, 2.24) is 0 Å². The lowest BCUT2D eigenvalue weighted by atomic mass is 10.0. The number of aryl methyl sites for hydroxylation is 2. The van der Waals surface area contributed by atoms with Gasteiger partial charge in [-0.3, -0.25) is 0 Å². The van der Waals surface area contributed by atoms with Crippen molar-refractivity contribution in [3.8, 4) is 0 Å². The predicted octanol–water partition coefficient (Wildman–Crippen LogP) is 5.57. The zero-order valence-electron chi connectivity index (χ0n) is 13.6. The third-order valence-electron chi connectivity index (χ3n) is 4.01. The van der Waals surface area contributed by atoms with Crippen LogP contribution in [0.2, 0.25) is 5.02 Å². The number of benzene rings is 3. The van der Waals surface area contributed by atoms with Crippen LogP contribution in [0.25, 0.3) is 0 Å². The van der Waals surface area contributed by atoms with Crippen molar-refractivity contribution >= 4 is 28.9 Å². The number of carboxylic acids is 1. The van der Waals surface area contributed by atoms with E-state index in [1.807, 2.05) is 42.5 Å². The molecule has 0 aliphatic carbocycles. The van der Waals surface area contributed by atoms with Gasteiger partial charge in [0, 0.05) is 10.7 Å². The first kappa shape index (κ1) is 17.1. The largest absolute Gasteiger partial charge is 0.478 e. The Labute approximate surface area is 151 Å². The molecular formula is C21H18ClNO2. The van der Waals surface area contributed by atoms with E-state index in [-0.39, 0.29) is 5.56 Å². The Morgan fingerprint density at radius 3 is 2.00 bits per heavy atom. The summed E-state index contributed by atoms with van der Waals surface area (Å²) in [4.78, 5) is 11.3. The highest BCUT2D eigenvalue weighted by Gasteiger charge is 2.08. The van der Waals surface area contributed by atoms with Crippen LogP contribution in [-0.4, -0.2) is 11.1 Å². The number of halogens is 1. The van der Waals surface area contributed by atoms with Crippen molar-refractivity contribution in [3.05, 3.63) is 94.5 Å². The molecule has 3 rings (SSSR count). The van der Waals surface area contributed by atoms with Gasteiger partial charge in [0.2, 0.25) is 0 Å². The average molecular weight is 352 g/mol. The van der Waals surface area contributed by atoms with E-state index in [0.717, 1.165) is 23.6 Å². The molecule has 0 aromatic heterocycles. The minimum atomic E-state index is -0.942. The molecule has 0 saturated heterocycles. The van der Waals surface area contributed by atoms with Crippen LogP contribution >= 0.6 is 11.6 Å². The molecule has 0 unspecified atom stereocenters. The fourth-order valence-corrected chi connectivity index (χ4v) is 2.75. The topological polar surface area (TPSA) is 49.3 Å². The molecule has 3 nitrogen and oxygen atoms in total. The Balaban J connectivity index is 1.64. The van der Waals surface area contributed by atoms with Crippen LogP contribution in [0.5, 0.6) is 0 Å². The van der Waals surface area contributed by atoms with E-state index < -0.39 is 5.97 Å². The Bertz CT molecular complexity index is 858. The summed E-state index contributed by atoms with van der Waals surface area (Å²) in [7, 11) is 0. The Morgan fingerprint density at radius 2 is 1.40 bits per heavy atom. The molecule has 3 aromatic rings. The molecule has 0 saturated carbocycles. The number of nitrogens with one attached hydrogen (secondary N) is 1. The molecule has 3 aromatic carbocycles. The van der Waals surface area contributed by atoms with Crippen molar-refractivity contribution in [2.45, 2.75) is 12.8 Å². The summed E-state index contributed by atoms with van der Waals surface area (Å²) in [5.41, 5.74) is 4.19. The number of rotatable bonds is 6. The summed E-state index contributed by atoms with van der Waals surface area (Å²) in [5.74, 6) is -0.942. The van der Waals surface area contributed by atoms with E-state index in [1.54, 1.807) is 18.2 Å². The van der Waals surface area contributed by atoms with Gasteiger partial charge in [-0.15, -0.1) is 0 Å². The van der Waals surface area contributed by atoms with Crippen molar-refractivity contribution in [1.29, 1.82) is 0 Å². The summed E-state index contributed by atoms with van der Waals surface area (Å²) < 4.78 is 0. The van der Waals surface area contributed by atoms with Gasteiger partial charge in [0.15, 0.2) is 0 Å². The van der Waals surface area contributed by atoms with E-state index >= 15 is 0 Å². The maximum Gasteiger partial charge on any atom is 0.337 e. The van der Waals surface area contributed by atoms with Gasteiger partial charge in [-0.2, -0.15) is 0 Å². The van der Waals surface area contributed by atoms with Gasteiger partial charge >= 0.3 is 5.97 Å². The van der Waals surface area contributed by atoms with Gasteiger partial charge in [0.25, 0.3) is 0 Å². The van der Waals surface area contributed by atoms with Crippen LogP contribution < -0.4 is 5.32 Å².